The van der Waals surface area contributed by atoms with E-state index < -0.39 is 5.91 Å². The standard InChI is InChI=1S/C9H13N3O3/c1-2-14-6-7-15-12-5-3-4-8(11-12)9(10)13/h2-4H,1,5-7H2,(H2,10,13). The van der Waals surface area contributed by atoms with Crippen molar-refractivity contribution < 1.29 is 14.4 Å². The van der Waals surface area contributed by atoms with E-state index in [1.165, 1.54) is 11.4 Å². The van der Waals surface area contributed by atoms with Crippen LogP contribution < -0.4 is 5.73 Å². The minimum atomic E-state index is -0.582. The van der Waals surface area contributed by atoms with Crippen LogP contribution >= 0.6 is 0 Å². The second-order valence-electron chi connectivity index (χ2n) is 2.66. The molecule has 1 aliphatic heterocycles. The molecule has 0 aliphatic carbocycles. The first-order valence-corrected chi connectivity index (χ1v) is 4.42. The SMILES string of the molecule is C=COCCON1CC=CC(C(N)=O)=N1. The van der Waals surface area contributed by atoms with Crippen molar-refractivity contribution >= 4 is 11.6 Å². The third-order valence-electron chi connectivity index (χ3n) is 1.57. The molecular formula is C9H13N3O3. The summed E-state index contributed by atoms with van der Waals surface area (Å²) in [6, 6.07) is 0. The smallest absolute Gasteiger partial charge is 0.269 e. The second-order valence-corrected chi connectivity index (χ2v) is 2.66. The number of hydrazone groups is 1. The van der Waals surface area contributed by atoms with Gasteiger partial charge < -0.3 is 10.5 Å². The van der Waals surface area contributed by atoms with Crippen molar-refractivity contribution in [3.8, 4) is 0 Å². The third-order valence-corrected chi connectivity index (χ3v) is 1.57. The van der Waals surface area contributed by atoms with Crippen LogP contribution in [0.1, 0.15) is 0 Å². The molecule has 15 heavy (non-hydrogen) atoms. The Hall–Kier alpha value is -1.82. The Morgan fingerprint density at radius 1 is 1.73 bits per heavy atom. The number of hydroxylamine groups is 1. The number of carbonyl (C=O) groups excluding carboxylic acids is 1. The minimum Gasteiger partial charge on any atom is -0.499 e. The Bertz CT molecular complexity index is 299. The quantitative estimate of drug-likeness (QED) is 0.487. The number of nitrogens with two attached hydrogens (primary N) is 1. The van der Waals surface area contributed by atoms with Gasteiger partial charge in [0.1, 0.15) is 18.9 Å². The van der Waals surface area contributed by atoms with Gasteiger partial charge in [0.15, 0.2) is 0 Å². The third kappa shape index (κ3) is 3.82. The molecule has 82 valence electrons. The average molecular weight is 211 g/mol. The first kappa shape index (κ1) is 11.3. The van der Waals surface area contributed by atoms with Gasteiger partial charge in [-0.1, -0.05) is 12.7 Å². The molecule has 0 unspecified atom stereocenters. The Morgan fingerprint density at radius 2 is 2.53 bits per heavy atom. The van der Waals surface area contributed by atoms with Gasteiger partial charge in [0.2, 0.25) is 0 Å². The van der Waals surface area contributed by atoms with Gasteiger partial charge in [0, 0.05) is 0 Å². The maximum absolute atomic E-state index is 10.8. The Balaban J connectivity index is 2.34. The lowest BCUT2D eigenvalue weighted by Crippen LogP contribution is -2.30. The molecule has 0 bridgehead atoms. The highest BCUT2D eigenvalue weighted by Crippen LogP contribution is 2.00. The number of carbonyl (C=O) groups is 1. The average Bonchev–Trinajstić information content (AvgIpc) is 2.25. The summed E-state index contributed by atoms with van der Waals surface area (Å²) in [5.74, 6) is -0.582. The molecule has 6 heteroatoms. The maximum Gasteiger partial charge on any atom is 0.269 e. The maximum atomic E-state index is 10.8. The monoisotopic (exact) mass is 211 g/mol. The highest BCUT2D eigenvalue weighted by atomic mass is 16.7. The van der Waals surface area contributed by atoms with Crippen molar-refractivity contribution in [3.63, 3.8) is 0 Å². The van der Waals surface area contributed by atoms with Crippen LogP contribution in [0.15, 0.2) is 30.1 Å². The summed E-state index contributed by atoms with van der Waals surface area (Å²) in [5, 5.41) is 5.15. The summed E-state index contributed by atoms with van der Waals surface area (Å²) in [6.45, 7) is 4.57. The molecule has 0 atom stereocenters. The van der Waals surface area contributed by atoms with Crippen molar-refractivity contribution in [2.45, 2.75) is 0 Å². The lowest BCUT2D eigenvalue weighted by Gasteiger charge is -2.19. The van der Waals surface area contributed by atoms with Crippen LogP contribution in [-0.2, 0) is 14.4 Å². The van der Waals surface area contributed by atoms with Crippen LogP contribution in [-0.4, -0.2) is 36.5 Å². The Labute approximate surface area is 87.6 Å². The normalized spacial score (nSPS) is 14.7. The molecule has 1 rings (SSSR count). The van der Waals surface area contributed by atoms with Crippen LogP contribution in [0.25, 0.3) is 0 Å². The predicted molar refractivity (Wildman–Crippen MR) is 54.6 cm³/mol. The van der Waals surface area contributed by atoms with Crippen molar-refractivity contribution in [1.29, 1.82) is 0 Å². The van der Waals surface area contributed by atoms with E-state index in [1.54, 1.807) is 12.2 Å². The van der Waals surface area contributed by atoms with Crippen molar-refractivity contribution in [1.82, 2.24) is 5.17 Å². The van der Waals surface area contributed by atoms with Gasteiger partial charge in [-0.15, -0.1) is 5.10 Å². The van der Waals surface area contributed by atoms with E-state index in [1.807, 2.05) is 0 Å². The van der Waals surface area contributed by atoms with Gasteiger partial charge >= 0.3 is 0 Å². The van der Waals surface area contributed by atoms with Gasteiger partial charge in [-0.2, -0.15) is 5.17 Å². The van der Waals surface area contributed by atoms with Crippen molar-refractivity contribution in [2.24, 2.45) is 10.8 Å². The molecule has 0 saturated carbocycles. The molecule has 2 N–H and O–H groups in total. The topological polar surface area (TPSA) is 77.1 Å². The summed E-state index contributed by atoms with van der Waals surface area (Å²) in [7, 11) is 0. The van der Waals surface area contributed by atoms with E-state index in [9.17, 15) is 4.79 Å². The summed E-state index contributed by atoms with van der Waals surface area (Å²) in [5.41, 5.74) is 5.24. The molecule has 0 saturated heterocycles. The van der Waals surface area contributed by atoms with Crippen molar-refractivity contribution in [2.75, 3.05) is 19.8 Å². The fourth-order valence-electron chi connectivity index (χ4n) is 0.936. The number of rotatable bonds is 6. The molecule has 1 amide bonds. The number of ether oxygens (including phenoxy) is 1. The van der Waals surface area contributed by atoms with Crippen LogP contribution in [0.5, 0.6) is 0 Å². The number of nitrogens with zero attached hydrogens (tertiary/aromatic N) is 2. The number of hydrogen-bond acceptors (Lipinski definition) is 5. The largest absolute Gasteiger partial charge is 0.499 e. The first-order valence-electron chi connectivity index (χ1n) is 4.42. The van der Waals surface area contributed by atoms with Crippen LogP contribution in [0, 0.1) is 0 Å². The fourth-order valence-corrected chi connectivity index (χ4v) is 0.936. The van der Waals surface area contributed by atoms with Gasteiger partial charge in [0.25, 0.3) is 5.91 Å². The first-order chi connectivity index (χ1) is 7.24. The van der Waals surface area contributed by atoms with Crippen molar-refractivity contribution in [3.05, 3.63) is 25.0 Å². The Morgan fingerprint density at radius 3 is 3.20 bits per heavy atom. The second kappa shape index (κ2) is 5.82. The van der Waals surface area contributed by atoms with E-state index in [2.05, 4.69) is 11.7 Å². The van der Waals surface area contributed by atoms with E-state index in [-0.39, 0.29) is 5.71 Å². The zero-order valence-electron chi connectivity index (χ0n) is 8.26. The van der Waals surface area contributed by atoms with Gasteiger partial charge in [0.05, 0.1) is 12.8 Å². The van der Waals surface area contributed by atoms with E-state index >= 15 is 0 Å². The van der Waals surface area contributed by atoms with E-state index in [0.29, 0.717) is 19.8 Å². The van der Waals surface area contributed by atoms with E-state index in [4.69, 9.17) is 15.3 Å². The molecule has 0 aromatic rings. The number of hydrogen-bond donors (Lipinski definition) is 1. The van der Waals surface area contributed by atoms with Crippen LogP contribution in [0.2, 0.25) is 0 Å². The zero-order valence-corrected chi connectivity index (χ0v) is 8.26. The van der Waals surface area contributed by atoms with Gasteiger partial charge in [-0.3, -0.25) is 9.63 Å². The predicted octanol–water partition coefficient (Wildman–Crippen LogP) is -0.209. The van der Waals surface area contributed by atoms with Gasteiger partial charge in [-0.05, 0) is 6.08 Å². The van der Waals surface area contributed by atoms with Crippen LogP contribution in [0.3, 0.4) is 0 Å². The minimum absolute atomic E-state index is 0.172. The molecule has 0 aromatic heterocycles. The summed E-state index contributed by atoms with van der Waals surface area (Å²) < 4.78 is 4.85. The zero-order chi connectivity index (χ0) is 11.1. The molecule has 0 aromatic carbocycles. The van der Waals surface area contributed by atoms with Crippen LogP contribution in [0.4, 0.5) is 0 Å². The highest BCUT2D eigenvalue weighted by molar-refractivity contribution is 6.42. The highest BCUT2D eigenvalue weighted by Gasteiger charge is 2.11. The summed E-state index contributed by atoms with van der Waals surface area (Å²) in [6.07, 6.45) is 4.63. The molecular weight excluding hydrogens is 198 g/mol. The number of amides is 1. The molecule has 1 heterocycles. The molecule has 0 fully saturated rings. The summed E-state index contributed by atoms with van der Waals surface area (Å²) >= 11 is 0. The van der Waals surface area contributed by atoms with E-state index in [0.717, 1.165) is 0 Å². The molecule has 6 nitrogen and oxygen atoms in total. The fraction of sp³-hybridized carbons (Fsp3) is 0.333. The summed E-state index contributed by atoms with van der Waals surface area (Å²) in [4.78, 5) is 16.0. The van der Waals surface area contributed by atoms with Gasteiger partial charge in [-0.25, -0.2) is 0 Å². The molecule has 1 aliphatic rings. The molecule has 0 spiro atoms. The lowest BCUT2D eigenvalue weighted by molar-refractivity contribution is -0.160. The Kier molecular flexibility index (Phi) is 4.36. The lowest BCUT2D eigenvalue weighted by atomic mass is 10.3. The number of primary amides is 1. The molecule has 0 radical (unpaired) electrons.